The Morgan fingerprint density at radius 3 is 2.68 bits per heavy atom. The van der Waals surface area contributed by atoms with E-state index in [2.05, 4.69) is 4.98 Å². The number of carbonyl (C=O) groups is 1. The van der Waals surface area contributed by atoms with Crippen LogP contribution in [0.15, 0.2) is 24.4 Å². The fourth-order valence-corrected chi connectivity index (χ4v) is 3.66. The van der Waals surface area contributed by atoms with Crippen LogP contribution in [0.1, 0.15) is 0 Å². The number of nitrogens with zero attached hydrogens (tertiary/aromatic N) is 1. The smallest absolute Gasteiger partial charge is 0.335 e. The third-order valence-corrected chi connectivity index (χ3v) is 4.91. The van der Waals surface area contributed by atoms with Crippen LogP contribution in [0.3, 0.4) is 0 Å². The molecule has 4 N–H and O–H groups in total. The number of benzene rings is 1. The van der Waals surface area contributed by atoms with Crippen molar-refractivity contribution < 1.29 is 34.7 Å². The van der Waals surface area contributed by atoms with Crippen molar-refractivity contribution in [3.05, 3.63) is 33.0 Å². The van der Waals surface area contributed by atoms with Crippen molar-refractivity contribution in [2.75, 3.05) is 0 Å². The van der Waals surface area contributed by atoms with E-state index < -0.39 is 36.7 Å². The van der Waals surface area contributed by atoms with Gasteiger partial charge in [-0.05, 0) is 40.8 Å². The van der Waals surface area contributed by atoms with Gasteiger partial charge in [0.2, 0.25) is 6.29 Å². The lowest BCUT2D eigenvalue weighted by atomic mass is 9.99. The molecule has 0 bridgehead atoms. The highest BCUT2D eigenvalue weighted by atomic mass is 127. The first-order valence-corrected chi connectivity index (χ1v) is 8.58. The topological polar surface area (TPSA) is 129 Å². The Morgan fingerprint density at radius 1 is 1.28 bits per heavy atom. The Hall–Kier alpha value is -1.24. The van der Waals surface area contributed by atoms with E-state index in [1.54, 1.807) is 18.2 Å². The summed E-state index contributed by atoms with van der Waals surface area (Å²) in [5.41, 5.74) is 0.391. The summed E-state index contributed by atoms with van der Waals surface area (Å²) in [5.74, 6) is -1.27. The van der Waals surface area contributed by atoms with Crippen LogP contribution in [-0.2, 0) is 9.53 Å². The predicted molar refractivity (Wildman–Crippen MR) is 94.4 cm³/mol. The van der Waals surface area contributed by atoms with Gasteiger partial charge in [0.1, 0.15) is 23.8 Å². The molecule has 1 aromatic heterocycles. The van der Waals surface area contributed by atoms with Gasteiger partial charge in [-0.25, -0.2) is 4.79 Å². The minimum Gasteiger partial charge on any atom is -0.479 e. The second-order valence-electron chi connectivity index (χ2n) is 5.42. The van der Waals surface area contributed by atoms with Crippen LogP contribution in [0, 0.1) is 3.57 Å². The molecule has 3 rings (SSSR count). The zero-order valence-electron chi connectivity index (χ0n) is 12.4. The van der Waals surface area contributed by atoms with E-state index >= 15 is 0 Å². The van der Waals surface area contributed by atoms with Crippen molar-refractivity contribution >= 4 is 51.1 Å². The first-order chi connectivity index (χ1) is 11.8. The Labute approximate surface area is 160 Å². The summed E-state index contributed by atoms with van der Waals surface area (Å²) in [4.78, 5) is 15.4. The number of pyridine rings is 1. The normalized spacial score (nSPS) is 29.6. The zero-order chi connectivity index (χ0) is 18.3. The first-order valence-electron chi connectivity index (χ1n) is 7.13. The number of aliphatic hydroxyl groups excluding tert-OH is 3. The fourth-order valence-electron chi connectivity index (χ4n) is 2.52. The molecular formula is C15H13ClINO7. The average molecular weight is 482 g/mol. The van der Waals surface area contributed by atoms with Gasteiger partial charge >= 0.3 is 5.97 Å². The number of halogens is 2. The molecule has 0 aliphatic carbocycles. The van der Waals surface area contributed by atoms with Gasteiger partial charge in [-0.2, -0.15) is 0 Å². The largest absolute Gasteiger partial charge is 0.479 e. The third kappa shape index (κ3) is 3.39. The van der Waals surface area contributed by atoms with E-state index in [0.29, 0.717) is 19.5 Å². The maximum absolute atomic E-state index is 11.2. The van der Waals surface area contributed by atoms with Crippen molar-refractivity contribution in [1.82, 2.24) is 4.98 Å². The second-order valence-corrected chi connectivity index (χ2v) is 6.99. The van der Waals surface area contributed by atoms with Crippen LogP contribution in [0.2, 0.25) is 5.02 Å². The molecule has 5 atom stereocenters. The van der Waals surface area contributed by atoms with Crippen molar-refractivity contribution in [1.29, 1.82) is 0 Å². The number of rotatable bonds is 3. The van der Waals surface area contributed by atoms with Crippen molar-refractivity contribution in [2.24, 2.45) is 0 Å². The zero-order valence-corrected chi connectivity index (χ0v) is 15.3. The molecule has 0 saturated carbocycles. The first kappa shape index (κ1) is 18.5. The maximum atomic E-state index is 11.2. The van der Waals surface area contributed by atoms with Gasteiger partial charge in [0.05, 0.1) is 8.59 Å². The summed E-state index contributed by atoms with van der Waals surface area (Å²) in [6.07, 6.45) is -6.92. The number of carboxylic acid groups (broad SMARTS) is 1. The summed E-state index contributed by atoms with van der Waals surface area (Å²) >= 11 is 8.13. The molecule has 25 heavy (non-hydrogen) atoms. The molecule has 10 heteroatoms. The Morgan fingerprint density at radius 2 is 2.00 bits per heavy atom. The minimum absolute atomic E-state index is 0.220. The molecule has 0 spiro atoms. The van der Waals surface area contributed by atoms with Crippen LogP contribution >= 0.6 is 34.2 Å². The Bertz CT molecular complexity index is 820. The number of aliphatic carboxylic acids is 1. The van der Waals surface area contributed by atoms with E-state index in [4.69, 9.17) is 26.2 Å². The summed E-state index contributed by atoms with van der Waals surface area (Å²) in [6, 6.07) is 5.04. The van der Waals surface area contributed by atoms with Gasteiger partial charge < -0.3 is 29.9 Å². The predicted octanol–water partition coefficient (Wildman–Crippen LogP) is 0.764. The number of fused-ring (bicyclic) bond motifs is 1. The number of carboxylic acids is 1. The molecular weight excluding hydrogens is 469 g/mol. The van der Waals surface area contributed by atoms with Gasteiger partial charge in [-0.3, -0.25) is 4.98 Å². The summed E-state index contributed by atoms with van der Waals surface area (Å²) in [7, 11) is 0. The molecule has 2 heterocycles. The van der Waals surface area contributed by atoms with E-state index in [1.807, 2.05) is 22.6 Å². The molecule has 134 valence electrons. The van der Waals surface area contributed by atoms with Gasteiger partial charge in [0.15, 0.2) is 11.9 Å². The fraction of sp³-hybridized carbons (Fsp3) is 0.333. The standard InChI is InChI=1S/C15H13ClINO7/c16-6-4-7(17)12(8-5(6)2-1-3-18-8)24-15-11(21)9(19)10(20)13(25-15)14(22)23/h1-4,9-11,13,15,19-21H,(H,22,23)/t9-,10-,11+,13-,15+/m0/s1. The Balaban J connectivity index is 1.99. The van der Waals surface area contributed by atoms with Gasteiger partial charge in [0, 0.05) is 11.6 Å². The number of hydrogen-bond donors (Lipinski definition) is 4. The van der Waals surface area contributed by atoms with Crippen LogP contribution in [-0.4, -0.2) is 62.1 Å². The van der Waals surface area contributed by atoms with Crippen molar-refractivity contribution in [2.45, 2.75) is 30.7 Å². The molecule has 8 nitrogen and oxygen atoms in total. The van der Waals surface area contributed by atoms with Crippen LogP contribution in [0.4, 0.5) is 0 Å². The summed E-state index contributed by atoms with van der Waals surface area (Å²) in [6.45, 7) is 0. The molecule has 1 fully saturated rings. The van der Waals surface area contributed by atoms with Crippen molar-refractivity contribution in [3.8, 4) is 5.75 Å². The monoisotopic (exact) mass is 481 g/mol. The highest BCUT2D eigenvalue weighted by molar-refractivity contribution is 14.1. The lowest BCUT2D eigenvalue weighted by molar-refractivity contribution is -0.271. The molecule has 1 aromatic carbocycles. The maximum Gasteiger partial charge on any atom is 0.335 e. The van der Waals surface area contributed by atoms with Gasteiger partial charge in [-0.15, -0.1) is 0 Å². The SMILES string of the molecule is O=C(O)[C@H]1O[C@@H](Oc2c(I)cc(Cl)c3cccnc23)[C@H](O)[C@@H](O)[C@@H]1O. The molecule has 1 aliphatic rings. The highest BCUT2D eigenvalue weighted by Crippen LogP contribution is 2.36. The number of hydrogen-bond acceptors (Lipinski definition) is 7. The highest BCUT2D eigenvalue weighted by Gasteiger charge is 2.48. The number of aliphatic hydroxyl groups is 3. The molecule has 0 unspecified atom stereocenters. The lowest BCUT2D eigenvalue weighted by Gasteiger charge is -2.38. The average Bonchev–Trinajstić information content (AvgIpc) is 2.58. The summed E-state index contributed by atoms with van der Waals surface area (Å²) < 4.78 is 11.3. The van der Waals surface area contributed by atoms with Gasteiger partial charge in [0.25, 0.3) is 0 Å². The second kappa shape index (κ2) is 7.17. The Kier molecular flexibility index (Phi) is 5.32. The third-order valence-electron chi connectivity index (χ3n) is 3.80. The van der Waals surface area contributed by atoms with Crippen molar-refractivity contribution in [3.63, 3.8) is 0 Å². The van der Waals surface area contributed by atoms with Crippen LogP contribution in [0.25, 0.3) is 10.9 Å². The lowest BCUT2D eigenvalue weighted by Crippen LogP contribution is -2.61. The molecule has 0 amide bonds. The van der Waals surface area contributed by atoms with Crippen LogP contribution in [0.5, 0.6) is 5.75 Å². The van der Waals surface area contributed by atoms with E-state index in [0.717, 1.165) is 0 Å². The quantitative estimate of drug-likeness (QED) is 0.473. The van der Waals surface area contributed by atoms with E-state index in [9.17, 15) is 20.1 Å². The molecule has 0 radical (unpaired) electrons. The van der Waals surface area contributed by atoms with Gasteiger partial charge in [-0.1, -0.05) is 11.6 Å². The minimum atomic E-state index is -1.79. The summed E-state index contributed by atoms with van der Waals surface area (Å²) in [5, 5.41) is 39.8. The molecule has 2 aromatic rings. The van der Waals surface area contributed by atoms with E-state index in [1.165, 1.54) is 6.20 Å². The molecule has 1 aliphatic heterocycles. The van der Waals surface area contributed by atoms with E-state index in [-0.39, 0.29) is 5.75 Å². The van der Waals surface area contributed by atoms with Crippen LogP contribution < -0.4 is 4.74 Å². The molecule has 1 saturated heterocycles. The number of aromatic nitrogens is 1. The number of ether oxygens (including phenoxy) is 2.